The molecule has 96 valence electrons. The first-order chi connectivity index (χ1) is 8.74. The van der Waals surface area contributed by atoms with Gasteiger partial charge in [-0.05, 0) is 11.3 Å². The second-order valence-electron chi connectivity index (χ2n) is 4.16. The maximum atomic E-state index is 12.0. The van der Waals surface area contributed by atoms with Crippen molar-refractivity contribution in [2.75, 3.05) is 18.8 Å². The Bertz CT molecular complexity index is 436. The number of piperazine rings is 1. The van der Waals surface area contributed by atoms with Crippen LogP contribution in [0.5, 0.6) is 0 Å². The molecule has 1 saturated heterocycles. The summed E-state index contributed by atoms with van der Waals surface area (Å²) < 4.78 is 0. The number of nitrogens with one attached hydrogen (secondary N) is 1. The van der Waals surface area contributed by atoms with Crippen LogP contribution in [0.25, 0.3) is 0 Å². The van der Waals surface area contributed by atoms with E-state index in [-0.39, 0.29) is 11.8 Å². The lowest BCUT2D eigenvalue weighted by Gasteiger charge is -2.35. The Balaban J connectivity index is 2.26. The van der Waals surface area contributed by atoms with Crippen LogP contribution in [0.3, 0.4) is 0 Å². The first-order valence-electron chi connectivity index (χ1n) is 5.97. The third kappa shape index (κ3) is 2.67. The molecule has 1 aromatic rings. The Hall–Kier alpha value is -1.49. The number of hydrogen-bond acceptors (Lipinski definition) is 3. The first-order valence-corrected chi connectivity index (χ1v) is 6.60. The Morgan fingerprint density at radius 1 is 1.39 bits per heavy atom. The fourth-order valence-corrected chi connectivity index (χ4v) is 2.33. The van der Waals surface area contributed by atoms with Crippen LogP contribution in [0.15, 0.2) is 30.3 Å². The Labute approximate surface area is 112 Å². The highest BCUT2D eigenvalue weighted by atomic mass is 32.1. The topological polar surface area (TPSA) is 49.4 Å². The van der Waals surface area contributed by atoms with E-state index < -0.39 is 6.04 Å². The summed E-state index contributed by atoms with van der Waals surface area (Å²) in [6.45, 7) is 1.07. The summed E-state index contributed by atoms with van der Waals surface area (Å²) in [5.74, 6) is 0.368. The molecule has 0 aliphatic carbocycles. The summed E-state index contributed by atoms with van der Waals surface area (Å²) in [4.78, 5) is 25.7. The van der Waals surface area contributed by atoms with Crippen LogP contribution < -0.4 is 5.32 Å². The third-order valence-electron chi connectivity index (χ3n) is 2.97. The summed E-state index contributed by atoms with van der Waals surface area (Å²) in [7, 11) is 0. The molecule has 1 atom stereocenters. The number of carbonyl (C=O) groups excluding carboxylic acids is 2. The Kier molecular flexibility index (Phi) is 4.25. The maximum absolute atomic E-state index is 12.0. The van der Waals surface area contributed by atoms with E-state index >= 15 is 0 Å². The van der Waals surface area contributed by atoms with Gasteiger partial charge in [0.15, 0.2) is 0 Å². The molecule has 0 spiro atoms. The van der Waals surface area contributed by atoms with Crippen LogP contribution in [0, 0.1) is 0 Å². The quantitative estimate of drug-likeness (QED) is 0.800. The average Bonchev–Trinajstić information content (AvgIpc) is 2.39. The highest BCUT2D eigenvalue weighted by Gasteiger charge is 2.33. The molecule has 1 heterocycles. The van der Waals surface area contributed by atoms with Crippen molar-refractivity contribution >= 4 is 24.4 Å². The normalized spacial score (nSPS) is 19.5. The summed E-state index contributed by atoms with van der Waals surface area (Å²) in [5, 5.41) is 2.81. The summed E-state index contributed by atoms with van der Waals surface area (Å²) in [6, 6.07) is 8.88. The number of amides is 2. The van der Waals surface area contributed by atoms with Crippen molar-refractivity contribution in [1.29, 1.82) is 0 Å². The van der Waals surface area contributed by atoms with Crippen LogP contribution in [0.2, 0.25) is 0 Å². The molecule has 1 fully saturated rings. The molecule has 1 aromatic carbocycles. The third-order valence-corrected chi connectivity index (χ3v) is 3.20. The van der Waals surface area contributed by atoms with Crippen LogP contribution >= 0.6 is 12.6 Å². The van der Waals surface area contributed by atoms with E-state index in [1.54, 1.807) is 4.90 Å². The van der Waals surface area contributed by atoms with E-state index in [0.29, 0.717) is 25.3 Å². The number of nitrogens with zero attached hydrogens (tertiary/aromatic N) is 1. The molecule has 1 unspecified atom stereocenters. The van der Waals surface area contributed by atoms with Crippen molar-refractivity contribution in [3.05, 3.63) is 35.9 Å². The molecule has 2 rings (SSSR count). The molecular formula is C13H16N2O2S. The minimum absolute atomic E-state index is 0.0197. The Morgan fingerprint density at radius 2 is 2.11 bits per heavy atom. The molecule has 5 heteroatoms. The lowest BCUT2D eigenvalue weighted by Crippen LogP contribution is -2.52. The average molecular weight is 264 g/mol. The molecule has 1 N–H and O–H groups in total. The smallest absolute Gasteiger partial charge is 0.247 e. The van der Waals surface area contributed by atoms with Gasteiger partial charge < -0.3 is 10.2 Å². The van der Waals surface area contributed by atoms with Crippen molar-refractivity contribution in [3.63, 3.8) is 0 Å². The SMILES string of the molecule is O=C1NCCN(C(=O)CCS)C1c1ccccc1. The zero-order valence-corrected chi connectivity index (χ0v) is 10.9. The zero-order valence-electron chi connectivity index (χ0n) is 10.0. The van der Waals surface area contributed by atoms with E-state index in [1.165, 1.54) is 0 Å². The number of benzene rings is 1. The number of rotatable bonds is 3. The van der Waals surface area contributed by atoms with Crippen molar-refractivity contribution in [1.82, 2.24) is 10.2 Å². The standard InChI is InChI=1S/C13H16N2O2S/c16-11(6-9-18)15-8-7-14-13(17)12(15)10-4-2-1-3-5-10/h1-5,12,18H,6-9H2,(H,14,17). The number of carbonyl (C=O) groups is 2. The second kappa shape index (κ2) is 5.91. The summed E-state index contributed by atoms with van der Waals surface area (Å²) in [5.41, 5.74) is 0.849. The van der Waals surface area contributed by atoms with Gasteiger partial charge in [0.05, 0.1) is 0 Å². The molecule has 0 bridgehead atoms. The molecule has 4 nitrogen and oxygen atoms in total. The van der Waals surface area contributed by atoms with Gasteiger partial charge in [0.2, 0.25) is 11.8 Å². The largest absolute Gasteiger partial charge is 0.352 e. The van der Waals surface area contributed by atoms with Gasteiger partial charge in [-0.2, -0.15) is 12.6 Å². The van der Waals surface area contributed by atoms with Gasteiger partial charge in [-0.3, -0.25) is 9.59 Å². The van der Waals surface area contributed by atoms with Crippen LogP contribution in [0.1, 0.15) is 18.0 Å². The number of hydrogen-bond donors (Lipinski definition) is 2. The predicted molar refractivity (Wildman–Crippen MR) is 72.4 cm³/mol. The molecule has 1 aliphatic rings. The lowest BCUT2D eigenvalue weighted by molar-refractivity contribution is -0.143. The molecular weight excluding hydrogens is 248 g/mol. The van der Waals surface area contributed by atoms with Crippen molar-refractivity contribution in [2.45, 2.75) is 12.5 Å². The minimum Gasteiger partial charge on any atom is -0.352 e. The summed E-state index contributed by atoms with van der Waals surface area (Å²) >= 11 is 4.07. The van der Waals surface area contributed by atoms with Gasteiger partial charge in [-0.25, -0.2) is 0 Å². The molecule has 2 amide bonds. The molecule has 1 aliphatic heterocycles. The second-order valence-corrected chi connectivity index (χ2v) is 4.61. The fraction of sp³-hybridized carbons (Fsp3) is 0.385. The molecule has 18 heavy (non-hydrogen) atoms. The van der Waals surface area contributed by atoms with E-state index in [2.05, 4.69) is 17.9 Å². The van der Waals surface area contributed by atoms with E-state index in [9.17, 15) is 9.59 Å². The van der Waals surface area contributed by atoms with Gasteiger partial charge in [0, 0.05) is 19.5 Å². The molecule has 0 aromatic heterocycles. The first kappa shape index (κ1) is 13.0. The minimum atomic E-state index is -0.507. The van der Waals surface area contributed by atoms with Crippen LogP contribution in [-0.2, 0) is 9.59 Å². The van der Waals surface area contributed by atoms with Gasteiger partial charge in [0.1, 0.15) is 6.04 Å². The van der Waals surface area contributed by atoms with Crippen molar-refractivity contribution in [3.8, 4) is 0 Å². The van der Waals surface area contributed by atoms with E-state index in [4.69, 9.17) is 0 Å². The highest BCUT2D eigenvalue weighted by Crippen LogP contribution is 2.23. The van der Waals surface area contributed by atoms with E-state index in [1.807, 2.05) is 30.3 Å². The van der Waals surface area contributed by atoms with Crippen LogP contribution in [-0.4, -0.2) is 35.6 Å². The maximum Gasteiger partial charge on any atom is 0.247 e. The van der Waals surface area contributed by atoms with Crippen LogP contribution in [0.4, 0.5) is 0 Å². The lowest BCUT2D eigenvalue weighted by atomic mass is 10.0. The zero-order chi connectivity index (χ0) is 13.0. The van der Waals surface area contributed by atoms with Gasteiger partial charge in [0.25, 0.3) is 0 Å². The fourth-order valence-electron chi connectivity index (χ4n) is 2.14. The summed E-state index contributed by atoms with van der Waals surface area (Å²) in [6.07, 6.45) is 0.361. The number of thiol groups is 1. The van der Waals surface area contributed by atoms with Gasteiger partial charge in [-0.15, -0.1) is 0 Å². The molecule has 0 radical (unpaired) electrons. The van der Waals surface area contributed by atoms with Gasteiger partial charge >= 0.3 is 0 Å². The van der Waals surface area contributed by atoms with Crippen molar-refractivity contribution < 1.29 is 9.59 Å². The highest BCUT2D eigenvalue weighted by molar-refractivity contribution is 7.80. The Morgan fingerprint density at radius 3 is 2.78 bits per heavy atom. The predicted octanol–water partition coefficient (Wildman–Crippen LogP) is 1.01. The molecule has 0 saturated carbocycles. The monoisotopic (exact) mass is 264 g/mol. The van der Waals surface area contributed by atoms with E-state index in [0.717, 1.165) is 5.56 Å². The van der Waals surface area contributed by atoms with Gasteiger partial charge in [-0.1, -0.05) is 30.3 Å². The van der Waals surface area contributed by atoms with Crippen molar-refractivity contribution in [2.24, 2.45) is 0 Å².